The highest BCUT2D eigenvalue weighted by molar-refractivity contribution is 5.97. The smallest absolute Gasteiger partial charge is 0.251 e. The Morgan fingerprint density at radius 2 is 1.81 bits per heavy atom. The average molecular weight is 435 g/mol. The Hall–Kier alpha value is -3.03. The molecule has 0 saturated heterocycles. The summed E-state index contributed by atoms with van der Waals surface area (Å²) < 4.78 is 0. The first-order valence-electron chi connectivity index (χ1n) is 11.1. The Bertz CT molecular complexity index is 1080. The van der Waals surface area contributed by atoms with Gasteiger partial charge in [0, 0.05) is 29.7 Å². The number of nitrogens with zero attached hydrogens (tertiary/aromatic N) is 2. The molecule has 1 aromatic heterocycles. The molecule has 1 saturated carbocycles. The van der Waals surface area contributed by atoms with Crippen molar-refractivity contribution in [1.29, 1.82) is 0 Å². The first-order chi connectivity index (χ1) is 15.3. The molecule has 0 bridgehead atoms. The summed E-state index contributed by atoms with van der Waals surface area (Å²) in [5.41, 5.74) is 2.14. The van der Waals surface area contributed by atoms with E-state index < -0.39 is 5.60 Å². The largest absolute Gasteiger partial charge is 0.393 e. The van der Waals surface area contributed by atoms with E-state index in [4.69, 9.17) is 0 Å². The lowest BCUT2D eigenvalue weighted by molar-refractivity contribution is 0.0785. The molecule has 2 aromatic carbocycles. The van der Waals surface area contributed by atoms with Crippen LogP contribution in [-0.2, 0) is 12.1 Å². The van der Waals surface area contributed by atoms with E-state index in [1.807, 2.05) is 30.3 Å². The van der Waals surface area contributed by atoms with Gasteiger partial charge in [0.1, 0.15) is 0 Å². The molecule has 1 aliphatic rings. The van der Waals surface area contributed by atoms with Crippen LogP contribution in [0.3, 0.4) is 0 Å². The molecule has 32 heavy (non-hydrogen) atoms. The fraction of sp³-hybridized carbons (Fsp3) is 0.400. The molecule has 0 aliphatic heterocycles. The maximum Gasteiger partial charge on any atom is 0.251 e. The molecule has 0 unspecified atom stereocenters. The Morgan fingerprint density at radius 1 is 1.09 bits per heavy atom. The van der Waals surface area contributed by atoms with E-state index in [9.17, 15) is 15.0 Å². The average Bonchev–Trinajstić information content (AvgIpc) is 2.78. The lowest BCUT2D eigenvalue weighted by Crippen LogP contribution is -2.28. The molecule has 1 fully saturated rings. The van der Waals surface area contributed by atoms with Gasteiger partial charge < -0.3 is 20.8 Å². The molecule has 0 atom stereocenters. The van der Waals surface area contributed by atoms with Gasteiger partial charge in [-0.1, -0.05) is 30.3 Å². The second kappa shape index (κ2) is 9.22. The number of benzene rings is 2. The Labute approximate surface area is 187 Å². The van der Waals surface area contributed by atoms with Gasteiger partial charge in [-0.2, -0.15) is 0 Å². The number of hydrogen-bond donors (Lipinski definition) is 4. The molecular weight excluding hydrogens is 404 g/mol. The highest BCUT2D eigenvalue weighted by Crippen LogP contribution is 2.22. The molecule has 1 amide bonds. The van der Waals surface area contributed by atoms with Crippen molar-refractivity contribution >= 4 is 22.8 Å². The standard InChI is InChI=1S/C25H30N4O3/c1-25(2,32)19-7-3-16(4-8-19)14-26-23(31)17-5-6-18-15-27-24(29-22(18)13-17)28-20-9-11-21(30)12-10-20/h3-8,13,15,20-21,30,32H,9-12,14H2,1-2H3,(H,26,31)(H,27,28,29). The summed E-state index contributed by atoms with van der Waals surface area (Å²) in [7, 11) is 0. The summed E-state index contributed by atoms with van der Waals surface area (Å²) in [5, 5.41) is 26.9. The Balaban J connectivity index is 1.41. The number of hydrogen-bond acceptors (Lipinski definition) is 6. The van der Waals surface area contributed by atoms with Crippen LogP contribution < -0.4 is 10.6 Å². The van der Waals surface area contributed by atoms with E-state index in [1.165, 1.54) is 0 Å². The van der Waals surface area contributed by atoms with Crippen molar-refractivity contribution in [3.8, 4) is 0 Å². The van der Waals surface area contributed by atoms with E-state index in [-0.39, 0.29) is 18.1 Å². The highest BCUT2D eigenvalue weighted by Gasteiger charge is 2.20. The van der Waals surface area contributed by atoms with E-state index in [2.05, 4.69) is 20.6 Å². The predicted octanol–water partition coefficient (Wildman–Crippen LogP) is 3.50. The number of anilines is 1. The van der Waals surface area contributed by atoms with E-state index in [0.29, 0.717) is 23.6 Å². The van der Waals surface area contributed by atoms with Crippen LogP contribution in [0.2, 0.25) is 0 Å². The monoisotopic (exact) mass is 434 g/mol. The second-order valence-corrected chi connectivity index (χ2v) is 9.06. The maximum absolute atomic E-state index is 12.7. The minimum Gasteiger partial charge on any atom is -0.393 e. The summed E-state index contributed by atoms with van der Waals surface area (Å²) >= 11 is 0. The fourth-order valence-corrected chi connectivity index (χ4v) is 3.95. The van der Waals surface area contributed by atoms with Crippen LogP contribution in [0, 0.1) is 0 Å². The van der Waals surface area contributed by atoms with Gasteiger partial charge in [0.25, 0.3) is 5.91 Å². The number of carbonyl (C=O) groups excluding carboxylic acids is 1. The summed E-state index contributed by atoms with van der Waals surface area (Å²) in [5.74, 6) is 0.371. The number of nitrogens with one attached hydrogen (secondary N) is 2. The molecule has 1 heterocycles. The van der Waals surface area contributed by atoms with Crippen LogP contribution in [0.5, 0.6) is 0 Å². The minimum atomic E-state index is -0.888. The van der Waals surface area contributed by atoms with Crippen molar-refractivity contribution in [2.45, 2.75) is 63.8 Å². The third-order valence-electron chi connectivity index (χ3n) is 5.99. The molecule has 0 radical (unpaired) electrons. The van der Waals surface area contributed by atoms with Gasteiger partial charge in [-0.3, -0.25) is 4.79 Å². The van der Waals surface area contributed by atoms with Gasteiger partial charge >= 0.3 is 0 Å². The molecule has 1 aliphatic carbocycles. The zero-order chi connectivity index (χ0) is 22.7. The molecule has 7 heteroatoms. The van der Waals surface area contributed by atoms with Crippen molar-refractivity contribution < 1.29 is 15.0 Å². The van der Waals surface area contributed by atoms with Crippen molar-refractivity contribution in [2.75, 3.05) is 5.32 Å². The van der Waals surface area contributed by atoms with Crippen molar-refractivity contribution in [3.63, 3.8) is 0 Å². The normalized spacial score (nSPS) is 19.0. The maximum atomic E-state index is 12.7. The zero-order valence-corrected chi connectivity index (χ0v) is 18.5. The number of fused-ring (bicyclic) bond motifs is 1. The number of carbonyl (C=O) groups is 1. The van der Waals surface area contributed by atoms with Gasteiger partial charge in [0.05, 0.1) is 17.2 Å². The van der Waals surface area contributed by atoms with Crippen LogP contribution in [-0.4, -0.2) is 38.2 Å². The molecule has 3 aromatic rings. The van der Waals surface area contributed by atoms with Gasteiger partial charge in [0.2, 0.25) is 5.95 Å². The van der Waals surface area contributed by atoms with Crippen LogP contribution in [0.4, 0.5) is 5.95 Å². The number of aliphatic hydroxyl groups is 2. The van der Waals surface area contributed by atoms with Gasteiger partial charge in [0.15, 0.2) is 0 Å². The molecule has 7 nitrogen and oxygen atoms in total. The molecule has 0 spiro atoms. The van der Waals surface area contributed by atoms with Crippen molar-refractivity contribution in [2.24, 2.45) is 0 Å². The topological polar surface area (TPSA) is 107 Å². The van der Waals surface area contributed by atoms with Crippen molar-refractivity contribution in [1.82, 2.24) is 15.3 Å². The Kier molecular flexibility index (Phi) is 6.39. The lowest BCUT2D eigenvalue weighted by Gasteiger charge is -2.26. The fourth-order valence-electron chi connectivity index (χ4n) is 3.95. The first-order valence-corrected chi connectivity index (χ1v) is 11.1. The molecule has 4 rings (SSSR count). The second-order valence-electron chi connectivity index (χ2n) is 9.06. The summed E-state index contributed by atoms with van der Waals surface area (Å²) in [6, 6.07) is 13.2. The van der Waals surface area contributed by atoms with Crippen LogP contribution in [0.1, 0.15) is 61.0 Å². The summed E-state index contributed by atoms with van der Waals surface area (Å²) in [6.45, 7) is 3.88. The molecular formula is C25H30N4O3. The van der Waals surface area contributed by atoms with Gasteiger partial charge in [-0.05, 0) is 62.8 Å². The van der Waals surface area contributed by atoms with Gasteiger partial charge in [-0.15, -0.1) is 0 Å². The summed E-state index contributed by atoms with van der Waals surface area (Å²) in [6.07, 6.45) is 4.91. The Morgan fingerprint density at radius 3 is 2.50 bits per heavy atom. The molecule has 168 valence electrons. The zero-order valence-electron chi connectivity index (χ0n) is 18.5. The van der Waals surface area contributed by atoms with Crippen LogP contribution in [0.25, 0.3) is 10.9 Å². The quantitative estimate of drug-likeness (QED) is 0.473. The predicted molar refractivity (Wildman–Crippen MR) is 124 cm³/mol. The van der Waals surface area contributed by atoms with Crippen LogP contribution >= 0.6 is 0 Å². The first kappa shape index (κ1) is 22.2. The number of amides is 1. The van der Waals surface area contributed by atoms with Crippen molar-refractivity contribution in [3.05, 3.63) is 65.4 Å². The van der Waals surface area contributed by atoms with Crippen LogP contribution in [0.15, 0.2) is 48.7 Å². The third-order valence-corrected chi connectivity index (χ3v) is 5.99. The number of aromatic nitrogens is 2. The van der Waals surface area contributed by atoms with E-state index in [1.54, 1.807) is 32.2 Å². The van der Waals surface area contributed by atoms with E-state index in [0.717, 1.165) is 42.2 Å². The highest BCUT2D eigenvalue weighted by atomic mass is 16.3. The number of rotatable bonds is 6. The lowest BCUT2D eigenvalue weighted by atomic mass is 9.93. The number of aliphatic hydroxyl groups excluding tert-OH is 1. The third kappa shape index (κ3) is 5.41. The minimum absolute atomic E-state index is 0.173. The SMILES string of the molecule is CC(C)(O)c1ccc(CNC(=O)c2ccc3cnc(NC4CCC(O)CC4)nc3c2)cc1. The summed E-state index contributed by atoms with van der Waals surface area (Å²) in [4.78, 5) is 21.7. The van der Waals surface area contributed by atoms with E-state index >= 15 is 0 Å². The van der Waals surface area contributed by atoms with Gasteiger partial charge in [-0.25, -0.2) is 9.97 Å². The molecule has 4 N–H and O–H groups in total.